The van der Waals surface area contributed by atoms with E-state index in [4.69, 9.17) is 9.15 Å². The van der Waals surface area contributed by atoms with Crippen LogP contribution >= 0.6 is 0 Å². The van der Waals surface area contributed by atoms with E-state index in [-0.39, 0.29) is 18.9 Å². The minimum Gasteiger partial charge on any atom is -0.459 e. The van der Waals surface area contributed by atoms with E-state index < -0.39 is 17.2 Å². The molecular formula is C19H23NO5. The second-order valence-electron chi connectivity index (χ2n) is 7.10. The van der Waals surface area contributed by atoms with Crippen molar-refractivity contribution in [1.29, 1.82) is 0 Å². The Morgan fingerprint density at radius 3 is 2.52 bits per heavy atom. The van der Waals surface area contributed by atoms with E-state index in [2.05, 4.69) is 0 Å². The topological polar surface area (TPSA) is 76.8 Å². The second-order valence-corrected chi connectivity index (χ2v) is 7.10. The van der Waals surface area contributed by atoms with Gasteiger partial charge in [-0.3, -0.25) is 9.59 Å². The number of ether oxygens (including phenoxy) is 1. The maximum Gasteiger partial charge on any atom is 0.336 e. The Balaban J connectivity index is 2.16. The summed E-state index contributed by atoms with van der Waals surface area (Å²) in [5, 5.41) is 0.712. The van der Waals surface area contributed by atoms with Gasteiger partial charge in [0.15, 0.2) is 0 Å². The predicted molar refractivity (Wildman–Crippen MR) is 94.4 cm³/mol. The fourth-order valence-electron chi connectivity index (χ4n) is 2.44. The number of hydrogen-bond donors (Lipinski definition) is 0. The molecule has 0 atom stereocenters. The Kier molecular flexibility index (Phi) is 5.30. The van der Waals surface area contributed by atoms with Crippen LogP contribution in [-0.4, -0.2) is 36.0 Å². The van der Waals surface area contributed by atoms with E-state index in [1.807, 2.05) is 19.1 Å². The number of esters is 1. The highest BCUT2D eigenvalue weighted by molar-refractivity contribution is 5.88. The van der Waals surface area contributed by atoms with Crippen LogP contribution in [0.1, 0.15) is 31.9 Å². The molecule has 0 saturated heterocycles. The van der Waals surface area contributed by atoms with Gasteiger partial charge >= 0.3 is 11.6 Å². The van der Waals surface area contributed by atoms with Crippen molar-refractivity contribution < 1.29 is 18.7 Å². The van der Waals surface area contributed by atoms with Gasteiger partial charge in [0.05, 0.1) is 6.42 Å². The molecule has 0 saturated carbocycles. The Hall–Kier alpha value is -2.63. The number of nitrogens with zero attached hydrogens (tertiary/aromatic N) is 1. The van der Waals surface area contributed by atoms with Crippen molar-refractivity contribution in [2.45, 2.75) is 39.7 Å². The van der Waals surface area contributed by atoms with E-state index in [1.54, 1.807) is 26.8 Å². The van der Waals surface area contributed by atoms with Gasteiger partial charge in [0, 0.05) is 18.5 Å². The van der Waals surface area contributed by atoms with Crippen molar-refractivity contribution in [1.82, 2.24) is 4.90 Å². The first-order chi connectivity index (χ1) is 11.5. The van der Waals surface area contributed by atoms with Crippen LogP contribution < -0.4 is 5.63 Å². The van der Waals surface area contributed by atoms with Crippen LogP contribution in [0.15, 0.2) is 33.5 Å². The number of benzene rings is 1. The largest absolute Gasteiger partial charge is 0.459 e. The molecule has 0 bridgehead atoms. The molecule has 1 heterocycles. The van der Waals surface area contributed by atoms with Crippen LogP contribution in [0.4, 0.5) is 0 Å². The molecule has 25 heavy (non-hydrogen) atoms. The molecule has 0 radical (unpaired) electrons. The molecule has 0 aliphatic rings. The Bertz CT molecular complexity index is 860. The number of aryl methyl sites for hydroxylation is 1. The van der Waals surface area contributed by atoms with Crippen LogP contribution in [0.2, 0.25) is 0 Å². The van der Waals surface area contributed by atoms with Crippen molar-refractivity contribution in [2.75, 3.05) is 13.6 Å². The second kappa shape index (κ2) is 7.09. The molecule has 0 fully saturated rings. The van der Waals surface area contributed by atoms with Crippen molar-refractivity contribution in [3.8, 4) is 0 Å². The third-order valence-electron chi connectivity index (χ3n) is 3.54. The first-order valence-electron chi connectivity index (χ1n) is 8.04. The summed E-state index contributed by atoms with van der Waals surface area (Å²) in [5.74, 6) is -0.755. The third kappa shape index (κ3) is 5.17. The quantitative estimate of drug-likeness (QED) is 0.628. The first-order valence-corrected chi connectivity index (χ1v) is 8.04. The predicted octanol–water partition coefficient (Wildman–Crippen LogP) is 2.44. The SMILES string of the molecule is Cc1ccc2c(CC(=O)N(C)CC(=O)OC(C)(C)C)cc(=O)oc2c1. The van der Waals surface area contributed by atoms with Crippen LogP contribution in [0.3, 0.4) is 0 Å². The van der Waals surface area contributed by atoms with Crippen LogP contribution in [0, 0.1) is 6.92 Å². The molecule has 0 aliphatic heterocycles. The zero-order valence-electron chi connectivity index (χ0n) is 15.2. The molecule has 1 aromatic heterocycles. The minimum absolute atomic E-state index is 0.00442. The van der Waals surface area contributed by atoms with Gasteiger partial charge in [-0.05, 0) is 44.9 Å². The van der Waals surface area contributed by atoms with Crippen molar-refractivity contribution in [2.24, 2.45) is 0 Å². The monoisotopic (exact) mass is 345 g/mol. The summed E-state index contributed by atoms with van der Waals surface area (Å²) >= 11 is 0. The molecule has 0 unspecified atom stereocenters. The fourth-order valence-corrected chi connectivity index (χ4v) is 2.44. The van der Waals surface area contributed by atoms with Gasteiger partial charge < -0.3 is 14.1 Å². The number of amides is 1. The lowest BCUT2D eigenvalue weighted by atomic mass is 10.1. The molecule has 134 valence electrons. The van der Waals surface area contributed by atoms with Gasteiger partial charge in [0.2, 0.25) is 5.91 Å². The smallest absolute Gasteiger partial charge is 0.336 e. The summed E-state index contributed by atoms with van der Waals surface area (Å²) in [7, 11) is 1.53. The van der Waals surface area contributed by atoms with Crippen LogP contribution in [0.5, 0.6) is 0 Å². The first kappa shape index (κ1) is 18.7. The van der Waals surface area contributed by atoms with Gasteiger partial charge in [-0.2, -0.15) is 0 Å². The lowest BCUT2D eigenvalue weighted by molar-refractivity contribution is -0.158. The van der Waals surface area contributed by atoms with Gasteiger partial charge in [-0.1, -0.05) is 12.1 Å². The zero-order chi connectivity index (χ0) is 18.8. The highest BCUT2D eigenvalue weighted by atomic mass is 16.6. The van der Waals surface area contributed by atoms with E-state index in [1.165, 1.54) is 18.0 Å². The molecule has 1 amide bonds. The number of fused-ring (bicyclic) bond motifs is 1. The Morgan fingerprint density at radius 2 is 1.88 bits per heavy atom. The molecular weight excluding hydrogens is 322 g/mol. The summed E-state index contributed by atoms with van der Waals surface area (Å²) < 4.78 is 10.4. The number of likely N-dealkylation sites (N-methyl/N-ethyl adjacent to an activating group) is 1. The Labute approximate surface area is 146 Å². The molecule has 0 aliphatic carbocycles. The summed E-state index contributed by atoms with van der Waals surface area (Å²) in [6.45, 7) is 7.05. The maximum absolute atomic E-state index is 12.4. The molecule has 1 aromatic carbocycles. The van der Waals surface area contributed by atoms with Crippen LogP contribution in [-0.2, 0) is 20.7 Å². The summed E-state index contributed by atoms with van der Waals surface area (Å²) in [4.78, 5) is 37.3. The highest BCUT2D eigenvalue weighted by Crippen LogP contribution is 2.19. The van der Waals surface area contributed by atoms with E-state index in [0.29, 0.717) is 16.5 Å². The summed E-state index contributed by atoms with van der Waals surface area (Å²) in [5.41, 5.74) is 0.877. The molecule has 6 heteroatoms. The molecule has 0 N–H and O–H groups in total. The van der Waals surface area contributed by atoms with E-state index in [0.717, 1.165) is 5.56 Å². The summed E-state index contributed by atoms with van der Waals surface area (Å²) in [6, 6.07) is 6.79. The highest BCUT2D eigenvalue weighted by Gasteiger charge is 2.20. The number of carbonyl (C=O) groups excluding carboxylic acids is 2. The molecule has 0 spiro atoms. The average Bonchev–Trinajstić information content (AvgIpc) is 2.44. The minimum atomic E-state index is -0.604. The normalized spacial score (nSPS) is 11.4. The Morgan fingerprint density at radius 1 is 1.20 bits per heavy atom. The van der Waals surface area contributed by atoms with Gasteiger partial charge in [0.1, 0.15) is 17.7 Å². The van der Waals surface area contributed by atoms with Gasteiger partial charge in [-0.25, -0.2) is 4.79 Å². The van der Waals surface area contributed by atoms with Gasteiger partial charge in [0.25, 0.3) is 0 Å². The molecule has 6 nitrogen and oxygen atoms in total. The standard InChI is InChI=1S/C19H23NO5/c1-12-6-7-14-13(10-17(22)24-15(14)8-12)9-16(21)20(5)11-18(23)25-19(2,3)4/h6-8,10H,9,11H2,1-5H3. The number of rotatable bonds is 4. The van der Waals surface area contributed by atoms with E-state index in [9.17, 15) is 14.4 Å². The van der Waals surface area contributed by atoms with Crippen LogP contribution in [0.25, 0.3) is 11.0 Å². The van der Waals surface area contributed by atoms with Crippen molar-refractivity contribution in [3.63, 3.8) is 0 Å². The molecule has 2 rings (SSSR count). The third-order valence-corrected chi connectivity index (χ3v) is 3.54. The van der Waals surface area contributed by atoms with Gasteiger partial charge in [-0.15, -0.1) is 0 Å². The fraction of sp³-hybridized carbons (Fsp3) is 0.421. The zero-order valence-corrected chi connectivity index (χ0v) is 15.2. The lowest BCUT2D eigenvalue weighted by Crippen LogP contribution is -2.37. The average molecular weight is 345 g/mol. The maximum atomic E-state index is 12.4. The lowest BCUT2D eigenvalue weighted by Gasteiger charge is -2.22. The number of carbonyl (C=O) groups is 2. The van der Waals surface area contributed by atoms with Crippen molar-refractivity contribution in [3.05, 3.63) is 45.8 Å². The summed E-state index contributed by atoms with van der Waals surface area (Å²) in [6.07, 6.45) is 0.00442. The number of hydrogen-bond acceptors (Lipinski definition) is 5. The molecule has 2 aromatic rings. The van der Waals surface area contributed by atoms with E-state index >= 15 is 0 Å². The van der Waals surface area contributed by atoms with Crippen molar-refractivity contribution >= 4 is 22.8 Å².